The van der Waals surface area contributed by atoms with Crippen molar-refractivity contribution in [3.8, 4) is 0 Å². The highest BCUT2D eigenvalue weighted by atomic mass is 16.6. The fraction of sp³-hybridized carbons (Fsp3) is 0.200. The van der Waals surface area contributed by atoms with Gasteiger partial charge in [-0.3, -0.25) is 14.7 Å². The highest BCUT2D eigenvalue weighted by molar-refractivity contribution is 5.97. The van der Waals surface area contributed by atoms with Crippen molar-refractivity contribution >= 4 is 16.8 Å². The zero-order valence-electron chi connectivity index (χ0n) is 8.28. The molecule has 2 N–H and O–H groups in total. The second-order valence-corrected chi connectivity index (χ2v) is 3.04. The fourth-order valence-electron chi connectivity index (χ4n) is 1.27. The van der Waals surface area contributed by atoms with Gasteiger partial charge in [0.1, 0.15) is 0 Å². The third kappa shape index (κ3) is 1.97. The van der Waals surface area contributed by atoms with Gasteiger partial charge in [-0.25, -0.2) is 5.48 Å². The van der Waals surface area contributed by atoms with Crippen molar-refractivity contribution in [1.82, 2.24) is 15.7 Å². The van der Waals surface area contributed by atoms with E-state index in [9.17, 15) is 4.79 Å². The number of nitrogens with one attached hydrogen (secondary N) is 2. The summed E-state index contributed by atoms with van der Waals surface area (Å²) in [6.45, 7) is 2.25. The van der Waals surface area contributed by atoms with E-state index >= 15 is 0 Å². The number of aromatic nitrogens is 2. The molecule has 5 nitrogen and oxygen atoms in total. The first-order valence-corrected chi connectivity index (χ1v) is 4.66. The molecular weight excluding hydrogens is 194 g/mol. The number of hydrogen-bond donors (Lipinski definition) is 2. The minimum absolute atomic E-state index is 0.256. The lowest BCUT2D eigenvalue weighted by molar-refractivity contribution is 0.0364. The van der Waals surface area contributed by atoms with Crippen LogP contribution in [-0.4, -0.2) is 22.7 Å². The van der Waals surface area contributed by atoms with Gasteiger partial charge in [-0.2, -0.15) is 5.10 Å². The van der Waals surface area contributed by atoms with Crippen LogP contribution in [0.5, 0.6) is 0 Å². The summed E-state index contributed by atoms with van der Waals surface area (Å²) in [5, 5.41) is 7.65. The van der Waals surface area contributed by atoms with Crippen LogP contribution in [0.15, 0.2) is 24.4 Å². The molecule has 0 aliphatic rings. The van der Waals surface area contributed by atoms with Crippen LogP contribution in [0.25, 0.3) is 10.9 Å². The Balaban J connectivity index is 2.23. The van der Waals surface area contributed by atoms with Gasteiger partial charge in [0.05, 0.1) is 18.3 Å². The van der Waals surface area contributed by atoms with E-state index in [0.717, 1.165) is 10.9 Å². The predicted molar refractivity (Wildman–Crippen MR) is 55.2 cm³/mol. The van der Waals surface area contributed by atoms with Gasteiger partial charge in [-0.15, -0.1) is 0 Å². The third-order valence-electron chi connectivity index (χ3n) is 2.01. The quantitative estimate of drug-likeness (QED) is 0.741. The van der Waals surface area contributed by atoms with Gasteiger partial charge in [0.25, 0.3) is 5.91 Å². The number of rotatable bonds is 3. The van der Waals surface area contributed by atoms with Crippen molar-refractivity contribution < 1.29 is 9.63 Å². The minimum atomic E-state index is -0.256. The Bertz CT molecular complexity index is 478. The van der Waals surface area contributed by atoms with E-state index in [1.807, 2.05) is 6.07 Å². The lowest BCUT2D eigenvalue weighted by atomic mass is 10.1. The Morgan fingerprint density at radius 1 is 1.60 bits per heavy atom. The molecular formula is C10H11N3O2. The van der Waals surface area contributed by atoms with Crippen molar-refractivity contribution in [1.29, 1.82) is 0 Å². The maximum Gasteiger partial charge on any atom is 0.274 e. The second-order valence-electron chi connectivity index (χ2n) is 3.04. The highest BCUT2D eigenvalue weighted by Crippen LogP contribution is 2.12. The highest BCUT2D eigenvalue weighted by Gasteiger charge is 2.06. The molecule has 15 heavy (non-hydrogen) atoms. The molecule has 1 amide bonds. The Hall–Kier alpha value is -1.88. The zero-order chi connectivity index (χ0) is 10.7. The number of hydrogen-bond acceptors (Lipinski definition) is 3. The van der Waals surface area contributed by atoms with Gasteiger partial charge in [-0.05, 0) is 19.1 Å². The fourth-order valence-corrected chi connectivity index (χ4v) is 1.27. The van der Waals surface area contributed by atoms with E-state index in [1.165, 1.54) is 0 Å². The van der Waals surface area contributed by atoms with Crippen LogP contribution in [0.3, 0.4) is 0 Å². The van der Waals surface area contributed by atoms with Gasteiger partial charge < -0.3 is 0 Å². The summed E-state index contributed by atoms with van der Waals surface area (Å²) in [5.74, 6) is -0.256. The number of amides is 1. The molecule has 0 bridgehead atoms. The standard InChI is InChI=1S/C10H11N3O2/c1-2-15-13-10(14)7-3-4-8-6-11-12-9(8)5-7/h3-6H,2H2,1H3,(H,11,12)(H,13,14). The first-order valence-electron chi connectivity index (χ1n) is 4.66. The largest absolute Gasteiger partial charge is 0.278 e. The molecule has 0 aliphatic heterocycles. The SMILES string of the molecule is CCONC(=O)c1ccc2cn[nH]c2c1. The van der Waals surface area contributed by atoms with Crippen LogP contribution in [0.2, 0.25) is 0 Å². The third-order valence-corrected chi connectivity index (χ3v) is 2.01. The van der Waals surface area contributed by atoms with Crippen LogP contribution < -0.4 is 5.48 Å². The summed E-state index contributed by atoms with van der Waals surface area (Å²) in [5.41, 5.74) is 3.71. The minimum Gasteiger partial charge on any atom is -0.278 e. The molecule has 0 aliphatic carbocycles. The molecule has 0 saturated heterocycles. The maximum absolute atomic E-state index is 11.5. The molecule has 2 rings (SSSR count). The van der Waals surface area contributed by atoms with Crippen molar-refractivity contribution in [2.45, 2.75) is 6.92 Å². The van der Waals surface area contributed by atoms with Crippen LogP contribution in [0.4, 0.5) is 0 Å². The topological polar surface area (TPSA) is 67.0 Å². The normalized spacial score (nSPS) is 10.5. The molecule has 0 unspecified atom stereocenters. The van der Waals surface area contributed by atoms with Crippen LogP contribution >= 0.6 is 0 Å². The average Bonchev–Trinajstić information content (AvgIpc) is 2.72. The van der Waals surface area contributed by atoms with Crippen molar-refractivity contribution in [2.24, 2.45) is 0 Å². The molecule has 0 spiro atoms. The second kappa shape index (κ2) is 4.10. The Morgan fingerprint density at radius 2 is 2.47 bits per heavy atom. The molecule has 5 heteroatoms. The van der Waals surface area contributed by atoms with E-state index in [4.69, 9.17) is 4.84 Å². The van der Waals surface area contributed by atoms with E-state index in [2.05, 4.69) is 15.7 Å². The molecule has 0 fully saturated rings. The summed E-state index contributed by atoms with van der Waals surface area (Å²) in [6, 6.07) is 5.29. The summed E-state index contributed by atoms with van der Waals surface area (Å²) in [4.78, 5) is 16.3. The molecule has 0 radical (unpaired) electrons. The molecule has 0 atom stereocenters. The average molecular weight is 205 g/mol. The molecule has 0 saturated carbocycles. The lowest BCUT2D eigenvalue weighted by Crippen LogP contribution is -2.23. The summed E-state index contributed by atoms with van der Waals surface area (Å²) >= 11 is 0. The van der Waals surface area contributed by atoms with Crippen molar-refractivity contribution in [3.05, 3.63) is 30.0 Å². The maximum atomic E-state index is 11.5. The number of nitrogens with zero attached hydrogens (tertiary/aromatic N) is 1. The van der Waals surface area contributed by atoms with Gasteiger partial charge in [0.15, 0.2) is 0 Å². The monoisotopic (exact) mass is 205 g/mol. The lowest BCUT2D eigenvalue weighted by Gasteiger charge is -2.03. The number of H-pyrrole nitrogens is 1. The first kappa shape index (κ1) is 9.67. The summed E-state index contributed by atoms with van der Waals surface area (Å²) in [7, 11) is 0. The molecule has 2 aromatic rings. The van der Waals surface area contributed by atoms with Crippen LogP contribution in [-0.2, 0) is 4.84 Å². The number of carbonyl (C=O) groups is 1. The molecule has 78 valence electrons. The van der Waals surface area contributed by atoms with E-state index < -0.39 is 0 Å². The predicted octanol–water partition coefficient (Wildman–Crippen LogP) is 1.24. The summed E-state index contributed by atoms with van der Waals surface area (Å²) in [6.07, 6.45) is 1.71. The van der Waals surface area contributed by atoms with E-state index in [0.29, 0.717) is 12.2 Å². The van der Waals surface area contributed by atoms with Crippen molar-refractivity contribution in [3.63, 3.8) is 0 Å². The van der Waals surface area contributed by atoms with E-state index in [1.54, 1.807) is 25.3 Å². The van der Waals surface area contributed by atoms with Gasteiger partial charge in [0.2, 0.25) is 0 Å². The number of aromatic amines is 1. The molecule has 1 aromatic heterocycles. The van der Waals surface area contributed by atoms with Crippen LogP contribution in [0.1, 0.15) is 17.3 Å². The number of carbonyl (C=O) groups excluding carboxylic acids is 1. The summed E-state index contributed by atoms with van der Waals surface area (Å²) < 4.78 is 0. The number of benzene rings is 1. The van der Waals surface area contributed by atoms with Crippen molar-refractivity contribution in [2.75, 3.05) is 6.61 Å². The van der Waals surface area contributed by atoms with Crippen LogP contribution in [0, 0.1) is 0 Å². The number of fused-ring (bicyclic) bond motifs is 1. The van der Waals surface area contributed by atoms with Gasteiger partial charge in [0, 0.05) is 10.9 Å². The smallest absolute Gasteiger partial charge is 0.274 e. The Morgan fingerprint density at radius 3 is 3.27 bits per heavy atom. The molecule has 1 heterocycles. The zero-order valence-corrected chi connectivity index (χ0v) is 8.28. The van der Waals surface area contributed by atoms with E-state index in [-0.39, 0.29) is 5.91 Å². The number of hydroxylamine groups is 1. The Kier molecular flexibility index (Phi) is 2.64. The Labute approximate surface area is 86.4 Å². The molecule has 1 aromatic carbocycles. The van der Waals surface area contributed by atoms with Gasteiger partial charge >= 0.3 is 0 Å². The van der Waals surface area contributed by atoms with Gasteiger partial charge in [-0.1, -0.05) is 6.07 Å². The first-order chi connectivity index (χ1) is 7.31.